The van der Waals surface area contributed by atoms with E-state index in [1.807, 2.05) is 80.6 Å². The number of carbonyl (C=O) groups excluding carboxylic acids is 1. The minimum Gasteiger partial charge on any atom is -0.494 e. The zero-order chi connectivity index (χ0) is 22.3. The number of hydrogen-bond donors (Lipinski definition) is 2. The lowest BCUT2D eigenvalue weighted by atomic mass is 10.0. The predicted octanol–water partition coefficient (Wildman–Crippen LogP) is 5.30. The number of hydrazone groups is 1. The van der Waals surface area contributed by atoms with E-state index in [1.54, 1.807) is 6.07 Å². The van der Waals surface area contributed by atoms with Crippen LogP contribution in [0.1, 0.15) is 29.9 Å². The molecule has 1 aromatic heterocycles. The third-order valence-corrected chi connectivity index (χ3v) is 5.00. The molecule has 6 heteroatoms. The second kappa shape index (κ2) is 9.75. The summed E-state index contributed by atoms with van der Waals surface area (Å²) in [5.74, 6) is 0.405. The molecular weight excluding hydrogens is 400 g/mol. The Labute approximate surface area is 187 Å². The molecule has 0 aliphatic rings. The molecule has 160 valence electrons. The lowest BCUT2D eigenvalue weighted by Crippen LogP contribution is -2.19. The van der Waals surface area contributed by atoms with Gasteiger partial charge in [-0.25, -0.2) is 5.43 Å². The maximum Gasteiger partial charge on any atom is 0.289 e. The number of H-pyrrole nitrogens is 1. The van der Waals surface area contributed by atoms with Gasteiger partial charge < -0.3 is 4.74 Å². The van der Waals surface area contributed by atoms with Crippen LogP contribution >= 0.6 is 0 Å². The molecule has 4 rings (SSSR count). The molecule has 0 saturated carbocycles. The number of nitrogens with one attached hydrogen (secondary N) is 2. The molecular formula is C26H24N4O2. The van der Waals surface area contributed by atoms with Crippen LogP contribution in [0.5, 0.6) is 5.75 Å². The van der Waals surface area contributed by atoms with E-state index in [1.165, 1.54) is 0 Å². The van der Waals surface area contributed by atoms with Gasteiger partial charge in [0.2, 0.25) is 0 Å². The Balaban J connectivity index is 1.42. The van der Waals surface area contributed by atoms with E-state index in [9.17, 15) is 4.79 Å². The van der Waals surface area contributed by atoms with Crippen LogP contribution < -0.4 is 10.2 Å². The molecule has 32 heavy (non-hydrogen) atoms. The van der Waals surface area contributed by atoms with E-state index < -0.39 is 0 Å². The lowest BCUT2D eigenvalue weighted by Gasteiger charge is -2.05. The smallest absolute Gasteiger partial charge is 0.289 e. The molecule has 0 saturated heterocycles. The van der Waals surface area contributed by atoms with Crippen LogP contribution in [0.25, 0.3) is 22.4 Å². The summed E-state index contributed by atoms with van der Waals surface area (Å²) in [7, 11) is 0. The van der Waals surface area contributed by atoms with Crippen LogP contribution in [0, 0.1) is 0 Å². The van der Waals surface area contributed by atoms with Crippen molar-refractivity contribution in [1.29, 1.82) is 0 Å². The van der Waals surface area contributed by atoms with Crippen molar-refractivity contribution in [3.05, 3.63) is 96.2 Å². The Morgan fingerprint density at radius 3 is 2.41 bits per heavy atom. The normalized spacial score (nSPS) is 11.2. The van der Waals surface area contributed by atoms with Crippen molar-refractivity contribution in [3.63, 3.8) is 0 Å². The molecule has 0 aliphatic carbocycles. The number of aromatic amines is 1. The largest absolute Gasteiger partial charge is 0.494 e. The minimum absolute atomic E-state index is 0.331. The van der Waals surface area contributed by atoms with E-state index >= 15 is 0 Å². The molecule has 1 heterocycles. The lowest BCUT2D eigenvalue weighted by molar-refractivity contribution is 0.0950. The van der Waals surface area contributed by atoms with E-state index in [2.05, 4.69) is 32.9 Å². The molecule has 3 aromatic carbocycles. The third-order valence-electron chi connectivity index (χ3n) is 5.00. The monoisotopic (exact) mass is 424 g/mol. The SMILES string of the molecule is CCOc1cccc(-c2cc(C(=O)NN=C(C)c3ccc(-c4ccccc4)cc3)[nH]n2)c1. The minimum atomic E-state index is -0.357. The van der Waals surface area contributed by atoms with E-state index in [0.717, 1.165) is 28.0 Å². The van der Waals surface area contributed by atoms with Crippen LogP contribution in [0.4, 0.5) is 0 Å². The fraction of sp³-hybridized carbons (Fsp3) is 0.115. The van der Waals surface area contributed by atoms with Crippen molar-refractivity contribution in [2.24, 2.45) is 5.10 Å². The Kier molecular flexibility index (Phi) is 6.41. The Hall–Kier alpha value is -4.19. The topological polar surface area (TPSA) is 79.4 Å². The maximum absolute atomic E-state index is 12.5. The first kappa shape index (κ1) is 21.1. The van der Waals surface area contributed by atoms with Crippen LogP contribution in [0.15, 0.2) is 90.0 Å². The van der Waals surface area contributed by atoms with Gasteiger partial charge >= 0.3 is 0 Å². The molecule has 0 radical (unpaired) electrons. The average molecular weight is 425 g/mol. The standard InChI is InChI=1S/C26H24N4O2/c1-3-32-23-11-7-10-22(16-23)24-17-25(29-28-24)26(31)30-27-18(2)19-12-14-21(15-13-19)20-8-5-4-6-9-20/h4-17H,3H2,1-2H3,(H,28,29)(H,30,31). The van der Waals surface area contributed by atoms with Crippen molar-refractivity contribution in [2.45, 2.75) is 13.8 Å². The second-order valence-electron chi connectivity index (χ2n) is 7.21. The number of carbonyl (C=O) groups is 1. The average Bonchev–Trinajstić information content (AvgIpc) is 3.34. The first-order valence-electron chi connectivity index (χ1n) is 10.4. The number of nitrogens with zero attached hydrogens (tertiary/aromatic N) is 2. The summed E-state index contributed by atoms with van der Waals surface area (Å²) in [6.07, 6.45) is 0. The van der Waals surface area contributed by atoms with E-state index in [0.29, 0.717) is 23.7 Å². The number of ether oxygens (including phenoxy) is 1. The first-order chi connectivity index (χ1) is 15.6. The van der Waals surface area contributed by atoms with Crippen molar-refractivity contribution in [2.75, 3.05) is 6.61 Å². The maximum atomic E-state index is 12.5. The molecule has 0 unspecified atom stereocenters. The number of rotatable bonds is 7. The van der Waals surface area contributed by atoms with Gasteiger partial charge in [0.1, 0.15) is 11.4 Å². The van der Waals surface area contributed by atoms with Crippen LogP contribution in [0.3, 0.4) is 0 Å². The zero-order valence-electron chi connectivity index (χ0n) is 18.0. The fourth-order valence-electron chi connectivity index (χ4n) is 3.29. The highest BCUT2D eigenvalue weighted by molar-refractivity contribution is 6.01. The zero-order valence-corrected chi connectivity index (χ0v) is 18.0. The van der Waals surface area contributed by atoms with Gasteiger partial charge in [0.05, 0.1) is 18.0 Å². The summed E-state index contributed by atoms with van der Waals surface area (Å²) in [4.78, 5) is 12.5. The Morgan fingerprint density at radius 2 is 1.66 bits per heavy atom. The van der Waals surface area contributed by atoms with Crippen molar-refractivity contribution in [1.82, 2.24) is 15.6 Å². The van der Waals surface area contributed by atoms with E-state index in [-0.39, 0.29) is 5.91 Å². The molecule has 0 aliphatic heterocycles. The second-order valence-corrected chi connectivity index (χ2v) is 7.21. The molecule has 1 amide bonds. The highest BCUT2D eigenvalue weighted by Gasteiger charge is 2.11. The molecule has 0 atom stereocenters. The number of amides is 1. The van der Waals surface area contributed by atoms with Crippen molar-refractivity contribution < 1.29 is 9.53 Å². The van der Waals surface area contributed by atoms with Gasteiger partial charge in [0.15, 0.2) is 0 Å². The Bertz CT molecular complexity index is 1230. The van der Waals surface area contributed by atoms with Crippen LogP contribution in [-0.4, -0.2) is 28.4 Å². The van der Waals surface area contributed by atoms with Gasteiger partial charge in [-0.3, -0.25) is 9.89 Å². The highest BCUT2D eigenvalue weighted by Crippen LogP contribution is 2.23. The van der Waals surface area contributed by atoms with Gasteiger partial charge in [-0.2, -0.15) is 10.2 Å². The summed E-state index contributed by atoms with van der Waals surface area (Å²) in [5.41, 5.74) is 8.38. The summed E-state index contributed by atoms with van der Waals surface area (Å²) in [5, 5.41) is 11.3. The summed E-state index contributed by atoms with van der Waals surface area (Å²) in [6.45, 7) is 4.38. The van der Waals surface area contributed by atoms with Crippen molar-refractivity contribution in [3.8, 4) is 28.1 Å². The summed E-state index contributed by atoms with van der Waals surface area (Å²) >= 11 is 0. The third kappa shape index (κ3) is 4.92. The molecule has 0 bridgehead atoms. The van der Waals surface area contributed by atoms with E-state index in [4.69, 9.17) is 4.74 Å². The molecule has 2 N–H and O–H groups in total. The summed E-state index contributed by atoms with van der Waals surface area (Å²) < 4.78 is 5.53. The van der Waals surface area contributed by atoms with Crippen LogP contribution in [-0.2, 0) is 0 Å². The van der Waals surface area contributed by atoms with Crippen molar-refractivity contribution >= 4 is 11.6 Å². The number of hydrogen-bond acceptors (Lipinski definition) is 4. The molecule has 0 spiro atoms. The molecule has 6 nitrogen and oxygen atoms in total. The van der Waals surface area contributed by atoms with Gasteiger partial charge in [0.25, 0.3) is 5.91 Å². The first-order valence-corrected chi connectivity index (χ1v) is 10.4. The summed E-state index contributed by atoms with van der Waals surface area (Å²) in [6, 6.07) is 27.5. The Morgan fingerprint density at radius 1 is 0.938 bits per heavy atom. The highest BCUT2D eigenvalue weighted by atomic mass is 16.5. The molecule has 4 aromatic rings. The fourth-order valence-corrected chi connectivity index (χ4v) is 3.29. The number of benzene rings is 3. The van der Waals surface area contributed by atoms with Gasteiger partial charge in [-0.1, -0.05) is 66.7 Å². The van der Waals surface area contributed by atoms with Crippen LogP contribution in [0.2, 0.25) is 0 Å². The molecule has 0 fully saturated rings. The predicted molar refractivity (Wildman–Crippen MR) is 127 cm³/mol. The number of aromatic nitrogens is 2. The van der Waals surface area contributed by atoms with Gasteiger partial charge in [-0.15, -0.1) is 0 Å². The quantitative estimate of drug-likeness (QED) is 0.312. The van der Waals surface area contributed by atoms with Gasteiger partial charge in [-0.05, 0) is 48.7 Å². The van der Waals surface area contributed by atoms with Gasteiger partial charge in [0, 0.05) is 5.56 Å².